The third kappa shape index (κ3) is 18.5. The Morgan fingerprint density at radius 1 is 0.138 bits per heavy atom. The van der Waals surface area contributed by atoms with Gasteiger partial charge in [-0.25, -0.2) is 0 Å². The summed E-state index contributed by atoms with van der Waals surface area (Å²) < 4.78 is 0. The van der Waals surface area contributed by atoms with E-state index in [1.807, 2.05) is 18.2 Å². The van der Waals surface area contributed by atoms with E-state index in [1.54, 1.807) is 0 Å². The number of benzene rings is 21. The highest BCUT2D eigenvalue weighted by molar-refractivity contribution is 5.92. The van der Waals surface area contributed by atoms with Gasteiger partial charge < -0.3 is 0 Å². The molecule has 0 N–H and O–H groups in total. The molecule has 145 heavy (non-hydrogen) atoms. The molecule has 0 spiro atoms. The molecule has 712 valence electrons. The van der Waals surface area contributed by atoms with E-state index >= 15 is 0 Å². The van der Waals surface area contributed by atoms with E-state index < -0.39 is 0 Å². The predicted molar refractivity (Wildman–Crippen MR) is 620 cm³/mol. The molecule has 0 aromatic heterocycles. The molecule has 21 aromatic rings. The van der Waals surface area contributed by atoms with E-state index in [2.05, 4.69) is 591 Å². The Hall–Kier alpha value is -15.9. The average Bonchev–Trinajstić information content (AvgIpc) is 1.54. The second-order valence-electron chi connectivity index (χ2n) is 42.2. The van der Waals surface area contributed by atoms with Gasteiger partial charge in [-0.2, -0.15) is 0 Å². The molecule has 0 saturated heterocycles. The van der Waals surface area contributed by atoms with Crippen LogP contribution in [-0.4, -0.2) is 0 Å². The summed E-state index contributed by atoms with van der Waals surface area (Å²) in [5.41, 5.74) is 51.5. The van der Waals surface area contributed by atoms with Crippen molar-refractivity contribution in [2.75, 3.05) is 0 Å². The molecule has 21 aromatic carbocycles. The largest absolute Gasteiger partial charge is 0.0716 e. The Kier molecular flexibility index (Phi) is 27.8. The van der Waals surface area contributed by atoms with Crippen LogP contribution in [0.25, 0.3) is 88.3 Å². The van der Waals surface area contributed by atoms with Gasteiger partial charge in [-0.3, -0.25) is 0 Å². The molecule has 6 aliphatic rings. The first-order valence-corrected chi connectivity index (χ1v) is 51.6. The van der Waals surface area contributed by atoms with Gasteiger partial charge in [-0.15, -0.1) is 0 Å². The fourth-order valence-electron chi connectivity index (χ4n) is 24.2. The third-order valence-corrected chi connectivity index (χ3v) is 31.2. The average molecular weight is 1870 g/mol. The first-order chi connectivity index (χ1) is 70.2. The van der Waals surface area contributed by atoms with E-state index in [0.717, 1.165) is 0 Å². The zero-order valence-electron chi connectivity index (χ0n) is 87.3. The lowest BCUT2D eigenvalue weighted by atomic mass is 9.67. The van der Waals surface area contributed by atoms with Crippen molar-refractivity contribution in [1.29, 1.82) is 0 Å². The summed E-state index contributed by atoms with van der Waals surface area (Å²) in [5.74, 6) is 0. The smallest absolute Gasteiger partial charge is 0.0622 e. The molecule has 0 heteroatoms. The fraction of sp³-hybridized carbons (Fsp3) is 0.159. The standard InChI is InChI=1S/2C26H20.4C16H16.2C11H10.C7H8/c1-19-11-10-17-23-22-16-8-9-18-24(22)26(25(19)23,20-12-4-2-5-13-20)21-14-6-3-7-15-21;1-19-16-17-23-22-14-8-9-15-24(22)26(25(23)18-19,20-10-4-2-5-11-20)21-12-6-3-7-13-21;1-11-7-6-9-13-12-8-4-5-10-14(12)16(2,3)15(11)13;1-11-7-6-10-14-15(11)12-8-4-5-9-13(12)16(14,2)3;1-11-8-9-15-13(10-11)12-6-4-5-7-14(12)16(15,2)3;1-11-8-9-13-12-6-4-5-7-14(12)16(2,3)15(13)10-11;1-9-5-4-7-10-6-2-3-8-11(9)10;1-9-6-7-10-4-2-3-5-11(10)8-9;1-7-5-3-2-4-6-7/h2*2-18H,1H3;4*4-10H,1-3H3;2*2-8H,1H3;2-6H,1H3. The number of fused-ring (bicyclic) bond motifs is 20. The lowest BCUT2D eigenvalue weighted by Gasteiger charge is -2.34. The van der Waals surface area contributed by atoms with Crippen LogP contribution in [0.5, 0.6) is 0 Å². The molecule has 0 nitrogen and oxygen atoms in total. The van der Waals surface area contributed by atoms with Gasteiger partial charge >= 0.3 is 0 Å². The van der Waals surface area contributed by atoms with Gasteiger partial charge in [0.2, 0.25) is 0 Å². The zero-order chi connectivity index (χ0) is 101. The van der Waals surface area contributed by atoms with Crippen molar-refractivity contribution in [3.63, 3.8) is 0 Å². The van der Waals surface area contributed by atoms with Crippen molar-refractivity contribution in [3.8, 4) is 66.8 Å². The number of hydrogen-bond donors (Lipinski definition) is 0. The van der Waals surface area contributed by atoms with Gasteiger partial charge in [-0.05, 0) is 262 Å². The monoisotopic (exact) mass is 1870 g/mol. The highest BCUT2D eigenvalue weighted by atomic mass is 14.5. The number of hydrogen-bond acceptors (Lipinski definition) is 0. The van der Waals surface area contributed by atoms with Crippen LogP contribution < -0.4 is 0 Å². The first kappa shape index (κ1) is 97.9. The minimum absolute atomic E-state index is 0.150. The number of aryl methyl sites for hydroxylation is 9. The SMILES string of the molecule is Cc1ccc2c(c1)-c1ccccc1C2(C)C.Cc1ccc2c(c1)C(C)(C)c1ccccc1-2.Cc1ccc2c(c1)C(c1ccccc1)(c1ccccc1)c1ccccc1-2.Cc1ccc2ccccc2c1.Cc1cccc2c1-c1ccccc1C2(C)C.Cc1cccc2c1C(C)(C)c1ccccc1-2.Cc1cccc2c1C(c1ccccc1)(c1ccccc1)c1ccccc1-2.Cc1cccc2ccccc12.Cc1ccccc1. The summed E-state index contributed by atoms with van der Waals surface area (Å²) >= 11 is 0. The van der Waals surface area contributed by atoms with Gasteiger partial charge in [0.1, 0.15) is 0 Å². The summed E-state index contributed by atoms with van der Waals surface area (Å²) in [5, 5.41) is 5.33. The Morgan fingerprint density at radius 2 is 0.434 bits per heavy atom. The van der Waals surface area contributed by atoms with Crippen molar-refractivity contribution >= 4 is 21.5 Å². The van der Waals surface area contributed by atoms with Crippen molar-refractivity contribution < 1.29 is 0 Å². The lowest BCUT2D eigenvalue weighted by molar-refractivity contribution is 0.655. The number of rotatable bonds is 4. The normalized spacial score (nSPS) is 13.9. The highest BCUT2D eigenvalue weighted by Crippen LogP contribution is 2.60. The van der Waals surface area contributed by atoms with Gasteiger partial charge in [0.05, 0.1) is 10.8 Å². The lowest BCUT2D eigenvalue weighted by Crippen LogP contribution is -2.29. The molecule has 0 aliphatic heterocycles. The van der Waals surface area contributed by atoms with E-state index in [0.29, 0.717) is 0 Å². The van der Waals surface area contributed by atoms with Crippen LogP contribution in [0.4, 0.5) is 0 Å². The zero-order valence-corrected chi connectivity index (χ0v) is 87.3. The molecule has 6 aliphatic carbocycles. The second kappa shape index (κ2) is 41.2. The van der Waals surface area contributed by atoms with Crippen molar-refractivity contribution in [2.45, 2.75) is 150 Å². The molecule has 0 heterocycles. The molecule has 0 atom stereocenters. The molecular formula is C145H132. The van der Waals surface area contributed by atoms with Crippen LogP contribution in [0.15, 0.2) is 491 Å². The van der Waals surface area contributed by atoms with Gasteiger partial charge in [0.25, 0.3) is 0 Å². The summed E-state index contributed by atoms with van der Waals surface area (Å²) in [6, 6.07) is 177. The van der Waals surface area contributed by atoms with Crippen molar-refractivity contribution in [3.05, 3.63) is 630 Å². The maximum Gasteiger partial charge on any atom is 0.0716 e. The minimum atomic E-state index is -0.264. The molecule has 27 rings (SSSR count). The highest BCUT2D eigenvalue weighted by Gasteiger charge is 2.49. The Labute approximate surface area is 862 Å². The van der Waals surface area contributed by atoms with E-state index in [9.17, 15) is 0 Å². The van der Waals surface area contributed by atoms with Gasteiger partial charge in [0, 0.05) is 21.7 Å². The Bertz CT molecular complexity index is 8140. The van der Waals surface area contributed by atoms with E-state index in [-0.39, 0.29) is 32.5 Å². The second-order valence-corrected chi connectivity index (χ2v) is 42.2. The topological polar surface area (TPSA) is 0 Å². The quantitative estimate of drug-likeness (QED) is 0.165. The van der Waals surface area contributed by atoms with Crippen LogP contribution in [-0.2, 0) is 32.5 Å². The molecule has 0 saturated carbocycles. The minimum Gasteiger partial charge on any atom is -0.0622 e. The van der Waals surface area contributed by atoms with Crippen LogP contribution >= 0.6 is 0 Å². The molecule has 0 bridgehead atoms. The molecule has 0 unspecified atom stereocenters. The predicted octanol–water partition coefficient (Wildman–Crippen LogP) is 38.2. The maximum atomic E-state index is 2.37. The van der Waals surface area contributed by atoms with Crippen LogP contribution in [0, 0.1) is 62.3 Å². The molecule has 0 amide bonds. The Morgan fingerprint density at radius 3 is 0.959 bits per heavy atom. The maximum absolute atomic E-state index is 2.37. The van der Waals surface area contributed by atoms with E-state index in [1.165, 1.54) is 227 Å². The summed E-state index contributed by atoms with van der Waals surface area (Å²) in [7, 11) is 0. The van der Waals surface area contributed by atoms with Crippen LogP contribution in [0.1, 0.15) is 194 Å². The van der Waals surface area contributed by atoms with Crippen LogP contribution in [0.2, 0.25) is 0 Å². The van der Waals surface area contributed by atoms with Gasteiger partial charge in [0.15, 0.2) is 0 Å². The fourth-order valence-corrected chi connectivity index (χ4v) is 24.2. The summed E-state index contributed by atoms with van der Waals surface area (Å²) in [6.45, 7) is 38.1. The van der Waals surface area contributed by atoms with Crippen molar-refractivity contribution in [2.24, 2.45) is 0 Å². The molecule has 0 fully saturated rings. The van der Waals surface area contributed by atoms with E-state index in [4.69, 9.17) is 0 Å². The summed E-state index contributed by atoms with van der Waals surface area (Å²) in [4.78, 5) is 0. The van der Waals surface area contributed by atoms with Gasteiger partial charge in [-0.1, -0.05) is 575 Å². The molecule has 0 radical (unpaired) electrons. The van der Waals surface area contributed by atoms with Crippen molar-refractivity contribution in [1.82, 2.24) is 0 Å². The summed E-state index contributed by atoms with van der Waals surface area (Å²) in [6.07, 6.45) is 0. The Balaban J connectivity index is 0.000000105. The van der Waals surface area contributed by atoms with Crippen LogP contribution in [0.3, 0.4) is 0 Å². The third-order valence-electron chi connectivity index (χ3n) is 31.2. The molecular weight excluding hydrogens is 1740 g/mol. The first-order valence-electron chi connectivity index (χ1n) is 51.6.